The van der Waals surface area contributed by atoms with Gasteiger partial charge in [-0.1, -0.05) is 62.9 Å². The van der Waals surface area contributed by atoms with E-state index >= 15 is 0 Å². The molecule has 2 aromatic rings. The third-order valence-corrected chi connectivity index (χ3v) is 4.72. The molecule has 2 aromatic carbocycles. The van der Waals surface area contributed by atoms with Crippen molar-refractivity contribution in [3.05, 3.63) is 65.7 Å². The number of ether oxygens (including phenoxy) is 1. The molecule has 3 heteroatoms. The van der Waals surface area contributed by atoms with E-state index in [0.29, 0.717) is 12.2 Å². The Morgan fingerprint density at radius 1 is 0.929 bits per heavy atom. The molecule has 0 spiro atoms. The number of Topliss-reactive ketones (excluding diaryl/α,β-unsaturated/α-hetero) is 1. The average Bonchev–Trinajstić information content (AvgIpc) is 2.75. The van der Waals surface area contributed by atoms with Crippen molar-refractivity contribution in [3.8, 4) is 17.6 Å². The van der Waals surface area contributed by atoms with Crippen molar-refractivity contribution in [3.63, 3.8) is 0 Å². The number of ketones is 1. The van der Waals surface area contributed by atoms with Gasteiger partial charge in [0.25, 0.3) is 0 Å². The van der Waals surface area contributed by atoms with Crippen molar-refractivity contribution < 1.29 is 9.53 Å². The molecule has 3 nitrogen and oxygen atoms in total. The highest BCUT2D eigenvalue weighted by molar-refractivity contribution is 6.09. The molecule has 0 bridgehead atoms. The Kier molecular flexibility index (Phi) is 9.89. The van der Waals surface area contributed by atoms with Gasteiger partial charge in [0.15, 0.2) is 0 Å². The first-order chi connectivity index (χ1) is 13.7. The minimum atomic E-state index is -0.189. The topological polar surface area (TPSA) is 29.5 Å². The molecule has 0 radical (unpaired) electrons. The van der Waals surface area contributed by atoms with Gasteiger partial charge in [-0.15, -0.1) is 0 Å². The summed E-state index contributed by atoms with van der Waals surface area (Å²) in [7, 11) is 0. The second kappa shape index (κ2) is 12.8. The van der Waals surface area contributed by atoms with Crippen LogP contribution in [0.1, 0.15) is 55.5 Å². The first-order valence-electron chi connectivity index (χ1n) is 10.3. The summed E-state index contributed by atoms with van der Waals surface area (Å²) in [4.78, 5) is 14.7. The van der Waals surface area contributed by atoms with Gasteiger partial charge in [-0.3, -0.25) is 4.79 Å². The maximum atomic E-state index is 12.3. The minimum Gasteiger partial charge on any atom is -0.494 e. The molecule has 0 amide bonds. The van der Waals surface area contributed by atoms with Crippen LogP contribution in [0.25, 0.3) is 0 Å². The third kappa shape index (κ3) is 7.98. The lowest BCUT2D eigenvalue weighted by Crippen LogP contribution is -2.23. The van der Waals surface area contributed by atoms with Gasteiger partial charge in [0.2, 0.25) is 5.78 Å². The Labute approximate surface area is 169 Å². The SMILES string of the molecule is CCN(CC)CCCCCCOc1cccc(C(=O)C#Cc2ccccc2)c1. The zero-order chi connectivity index (χ0) is 20.0. The van der Waals surface area contributed by atoms with Crippen LogP contribution in [0.5, 0.6) is 5.75 Å². The Morgan fingerprint density at radius 2 is 1.68 bits per heavy atom. The quantitative estimate of drug-likeness (QED) is 0.306. The normalized spacial score (nSPS) is 10.4. The molecule has 0 aliphatic rings. The van der Waals surface area contributed by atoms with Crippen molar-refractivity contribution in [1.82, 2.24) is 4.90 Å². The highest BCUT2D eigenvalue weighted by Crippen LogP contribution is 2.14. The van der Waals surface area contributed by atoms with Crippen molar-refractivity contribution in [1.29, 1.82) is 0 Å². The number of carbonyl (C=O) groups is 1. The van der Waals surface area contributed by atoms with E-state index < -0.39 is 0 Å². The highest BCUT2D eigenvalue weighted by atomic mass is 16.5. The Balaban J connectivity index is 1.73. The summed E-state index contributed by atoms with van der Waals surface area (Å²) in [6, 6.07) is 16.8. The van der Waals surface area contributed by atoms with E-state index in [4.69, 9.17) is 4.74 Å². The molecule has 0 saturated heterocycles. The molecule has 2 rings (SSSR count). The summed E-state index contributed by atoms with van der Waals surface area (Å²) in [5.74, 6) is 6.15. The van der Waals surface area contributed by atoms with E-state index in [1.54, 1.807) is 12.1 Å². The number of hydrogen-bond donors (Lipinski definition) is 0. The standard InChI is InChI=1S/C25H31NO2/c1-3-26(4-2)19-10-5-6-11-20-28-24-16-12-15-23(21-24)25(27)18-17-22-13-8-7-9-14-22/h7-9,12-16,21H,3-6,10-11,19-20H2,1-2H3. The summed E-state index contributed by atoms with van der Waals surface area (Å²) in [6.45, 7) is 8.54. The largest absolute Gasteiger partial charge is 0.494 e. The van der Waals surface area contributed by atoms with Crippen LogP contribution in [-0.4, -0.2) is 36.9 Å². The Morgan fingerprint density at radius 3 is 2.43 bits per heavy atom. The summed E-state index contributed by atoms with van der Waals surface area (Å²) >= 11 is 0. The van der Waals surface area contributed by atoms with Gasteiger partial charge < -0.3 is 9.64 Å². The maximum absolute atomic E-state index is 12.3. The fourth-order valence-electron chi connectivity index (χ4n) is 2.97. The van der Waals surface area contributed by atoms with Crippen molar-refractivity contribution in [2.75, 3.05) is 26.2 Å². The number of nitrogens with zero attached hydrogens (tertiary/aromatic N) is 1. The number of carbonyl (C=O) groups excluding carboxylic acids is 1. The smallest absolute Gasteiger partial charge is 0.236 e. The van der Waals surface area contributed by atoms with Crippen LogP contribution >= 0.6 is 0 Å². The van der Waals surface area contributed by atoms with E-state index in [1.807, 2.05) is 42.5 Å². The molecule has 0 aliphatic heterocycles. The number of benzene rings is 2. The predicted octanol–water partition coefficient (Wildman–Crippen LogP) is 5.20. The van der Waals surface area contributed by atoms with Crippen LogP contribution in [-0.2, 0) is 0 Å². The number of unbranched alkanes of at least 4 members (excludes halogenated alkanes) is 3. The lowest BCUT2D eigenvalue weighted by molar-refractivity contribution is 0.105. The minimum absolute atomic E-state index is 0.189. The van der Waals surface area contributed by atoms with Crippen LogP contribution in [0.4, 0.5) is 0 Å². The first kappa shape index (κ1) is 21.7. The zero-order valence-electron chi connectivity index (χ0n) is 17.1. The molecule has 0 saturated carbocycles. The van der Waals surface area contributed by atoms with E-state index in [1.165, 1.54) is 25.8 Å². The van der Waals surface area contributed by atoms with Crippen LogP contribution in [0.15, 0.2) is 54.6 Å². The lowest BCUT2D eigenvalue weighted by Gasteiger charge is -2.17. The monoisotopic (exact) mass is 377 g/mol. The molecule has 148 valence electrons. The van der Waals surface area contributed by atoms with E-state index in [2.05, 4.69) is 30.6 Å². The molecule has 0 aromatic heterocycles. The molecule has 0 unspecified atom stereocenters. The molecule has 0 N–H and O–H groups in total. The summed E-state index contributed by atoms with van der Waals surface area (Å²) in [6.07, 6.45) is 4.67. The summed E-state index contributed by atoms with van der Waals surface area (Å²) < 4.78 is 5.82. The Hall–Kier alpha value is -2.57. The van der Waals surface area contributed by atoms with Gasteiger partial charge in [0.1, 0.15) is 5.75 Å². The van der Waals surface area contributed by atoms with Gasteiger partial charge in [0, 0.05) is 11.1 Å². The molecular formula is C25H31NO2. The Bertz CT molecular complexity index is 770. The van der Waals surface area contributed by atoms with Gasteiger partial charge >= 0.3 is 0 Å². The van der Waals surface area contributed by atoms with Crippen LogP contribution in [0.3, 0.4) is 0 Å². The molecule has 0 heterocycles. The molecule has 28 heavy (non-hydrogen) atoms. The van der Waals surface area contributed by atoms with Crippen molar-refractivity contribution in [2.45, 2.75) is 39.5 Å². The molecule has 0 aliphatic carbocycles. The number of rotatable bonds is 11. The zero-order valence-corrected chi connectivity index (χ0v) is 17.1. The van der Waals surface area contributed by atoms with Gasteiger partial charge in [0.05, 0.1) is 6.61 Å². The second-order valence-electron chi connectivity index (χ2n) is 6.76. The predicted molar refractivity (Wildman–Crippen MR) is 116 cm³/mol. The lowest BCUT2D eigenvalue weighted by atomic mass is 10.1. The molecular weight excluding hydrogens is 346 g/mol. The fourth-order valence-corrected chi connectivity index (χ4v) is 2.97. The highest BCUT2D eigenvalue weighted by Gasteiger charge is 2.04. The van der Waals surface area contributed by atoms with Crippen LogP contribution < -0.4 is 4.74 Å². The van der Waals surface area contributed by atoms with Crippen LogP contribution in [0.2, 0.25) is 0 Å². The summed E-state index contributed by atoms with van der Waals surface area (Å²) in [5.41, 5.74) is 1.41. The van der Waals surface area contributed by atoms with Crippen molar-refractivity contribution in [2.24, 2.45) is 0 Å². The van der Waals surface area contributed by atoms with E-state index in [9.17, 15) is 4.79 Å². The first-order valence-corrected chi connectivity index (χ1v) is 10.3. The number of hydrogen-bond acceptors (Lipinski definition) is 3. The van der Waals surface area contributed by atoms with Crippen molar-refractivity contribution >= 4 is 5.78 Å². The summed E-state index contributed by atoms with van der Waals surface area (Å²) in [5, 5.41) is 0. The van der Waals surface area contributed by atoms with E-state index in [0.717, 1.165) is 30.8 Å². The fraction of sp³-hybridized carbons (Fsp3) is 0.400. The average molecular weight is 378 g/mol. The van der Waals surface area contributed by atoms with Crippen LogP contribution in [0, 0.1) is 11.8 Å². The van der Waals surface area contributed by atoms with Gasteiger partial charge in [-0.2, -0.15) is 0 Å². The molecule has 0 fully saturated rings. The molecule has 0 atom stereocenters. The maximum Gasteiger partial charge on any atom is 0.236 e. The van der Waals surface area contributed by atoms with Gasteiger partial charge in [-0.25, -0.2) is 0 Å². The second-order valence-corrected chi connectivity index (χ2v) is 6.76. The van der Waals surface area contributed by atoms with Gasteiger partial charge in [-0.05, 0) is 62.7 Å². The third-order valence-electron chi connectivity index (χ3n) is 4.72. The van der Waals surface area contributed by atoms with E-state index in [-0.39, 0.29) is 5.78 Å².